The maximum absolute atomic E-state index is 12.7. The van der Waals surface area contributed by atoms with Gasteiger partial charge in [-0.15, -0.1) is 5.10 Å². The van der Waals surface area contributed by atoms with Crippen molar-refractivity contribution in [3.8, 4) is 5.69 Å². The van der Waals surface area contributed by atoms with Crippen molar-refractivity contribution in [3.05, 3.63) is 83.2 Å². The van der Waals surface area contributed by atoms with Crippen LogP contribution in [0.5, 0.6) is 0 Å². The monoisotopic (exact) mass is 407 g/mol. The lowest BCUT2D eigenvalue weighted by atomic mass is 10.1. The molecule has 0 aliphatic carbocycles. The van der Waals surface area contributed by atoms with Crippen molar-refractivity contribution >= 4 is 29.0 Å². The predicted octanol–water partition coefficient (Wildman–Crippen LogP) is 2.53. The lowest BCUT2D eigenvalue weighted by molar-refractivity contribution is 0.101. The molecule has 4 rings (SSSR count). The number of nitrogens with zero attached hydrogens (tertiary/aromatic N) is 6. The zero-order chi connectivity index (χ0) is 20.4. The summed E-state index contributed by atoms with van der Waals surface area (Å²) in [5.41, 5.74) is 1.74. The summed E-state index contributed by atoms with van der Waals surface area (Å²) in [5, 5.41) is 14.1. The molecule has 4 aromatic rings. The van der Waals surface area contributed by atoms with E-state index in [4.69, 9.17) is 11.6 Å². The van der Waals surface area contributed by atoms with Gasteiger partial charge in [0, 0.05) is 36.3 Å². The molecular formula is C19H14ClN7O2. The van der Waals surface area contributed by atoms with E-state index in [2.05, 4.69) is 25.8 Å². The van der Waals surface area contributed by atoms with Crippen LogP contribution in [-0.2, 0) is 7.05 Å². The van der Waals surface area contributed by atoms with Crippen molar-refractivity contribution < 1.29 is 9.59 Å². The number of carbonyl (C=O) groups excluding carboxylic acids is 2. The van der Waals surface area contributed by atoms with Gasteiger partial charge in [-0.25, -0.2) is 4.98 Å². The molecule has 0 radical (unpaired) electrons. The summed E-state index contributed by atoms with van der Waals surface area (Å²) >= 11 is 6.18. The topological polar surface area (TPSA) is 108 Å². The minimum absolute atomic E-state index is 0.235. The number of aromatic nitrogens is 6. The third-order valence-corrected chi connectivity index (χ3v) is 4.53. The highest BCUT2D eigenvalue weighted by molar-refractivity contribution is 6.32. The average Bonchev–Trinajstić information content (AvgIpc) is 3.40. The molecule has 0 atom stereocenters. The van der Waals surface area contributed by atoms with Crippen molar-refractivity contribution in [1.82, 2.24) is 29.8 Å². The van der Waals surface area contributed by atoms with Crippen molar-refractivity contribution in [1.29, 1.82) is 0 Å². The highest BCUT2D eigenvalue weighted by Gasteiger charge is 2.15. The summed E-state index contributed by atoms with van der Waals surface area (Å²) in [6.45, 7) is 0. The van der Waals surface area contributed by atoms with Crippen LogP contribution in [0.4, 0.5) is 5.69 Å². The second kappa shape index (κ2) is 7.64. The van der Waals surface area contributed by atoms with E-state index in [1.54, 1.807) is 66.5 Å². The highest BCUT2D eigenvalue weighted by Crippen LogP contribution is 2.22. The van der Waals surface area contributed by atoms with Crippen LogP contribution in [0.3, 0.4) is 0 Å². The molecule has 0 unspecified atom stereocenters. The van der Waals surface area contributed by atoms with Crippen molar-refractivity contribution in [3.63, 3.8) is 0 Å². The predicted molar refractivity (Wildman–Crippen MR) is 105 cm³/mol. The third-order valence-electron chi connectivity index (χ3n) is 4.21. The van der Waals surface area contributed by atoms with Crippen LogP contribution in [0.2, 0.25) is 5.02 Å². The number of anilines is 1. The van der Waals surface area contributed by atoms with E-state index < -0.39 is 0 Å². The molecule has 0 fully saturated rings. The summed E-state index contributed by atoms with van der Waals surface area (Å²) in [5.74, 6) is -0.282. The quantitative estimate of drug-likeness (QED) is 0.509. The van der Waals surface area contributed by atoms with Crippen LogP contribution >= 0.6 is 11.6 Å². The number of tetrazole rings is 1. The first-order valence-corrected chi connectivity index (χ1v) is 8.87. The molecule has 10 heteroatoms. The average molecular weight is 408 g/mol. The number of halogens is 1. The Hall–Kier alpha value is -3.85. The second-order valence-electron chi connectivity index (χ2n) is 6.15. The van der Waals surface area contributed by atoms with Crippen LogP contribution in [-0.4, -0.2) is 41.4 Å². The van der Waals surface area contributed by atoms with Crippen LogP contribution in [0.15, 0.2) is 61.2 Å². The Bertz CT molecular complexity index is 1200. The molecule has 0 saturated heterocycles. The molecule has 0 aliphatic heterocycles. The van der Waals surface area contributed by atoms with Gasteiger partial charge in [0.05, 0.1) is 10.7 Å². The number of nitrogens with one attached hydrogen (secondary N) is 1. The van der Waals surface area contributed by atoms with E-state index >= 15 is 0 Å². The van der Waals surface area contributed by atoms with Gasteiger partial charge in [0.1, 0.15) is 6.33 Å². The van der Waals surface area contributed by atoms with Crippen LogP contribution in [0.25, 0.3) is 5.69 Å². The van der Waals surface area contributed by atoms with Gasteiger partial charge in [-0.1, -0.05) is 23.7 Å². The molecular weight excluding hydrogens is 394 g/mol. The molecule has 2 aromatic carbocycles. The number of imidazole rings is 1. The summed E-state index contributed by atoms with van der Waals surface area (Å²) in [6.07, 6.45) is 4.64. The van der Waals surface area contributed by atoms with E-state index in [0.717, 1.165) is 0 Å². The standard InChI is InChI=1S/C19H14ClN7O2/c1-26-8-7-21-18(26)17(28)12-3-2-4-14(9-12)23-19(29)13-5-6-15(20)16(10-13)27-11-22-24-25-27/h2-11H,1H3,(H,23,29). The number of aryl methyl sites for hydroxylation is 1. The zero-order valence-corrected chi connectivity index (χ0v) is 15.9. The summed E-state index contributed by atoms with van der Waals surface area (Å²) in [4.78, 5) is 29.4. The molecule has 0 spiro atoms. The molecule has 144 valence electrons. The number of ketones is 1. The lowest BCUT2D eigenvalue weighted by Gasteiger charge is -2.09. The molecule has 2 heterocycles. The van der Waals surface area contributed by atoms with Gasteiger partial charge in [-0.3, -0.25) is 9.59 Å². The van der Waals surface area contributed by atoms with Crippen molar-refractivity contribution in [2.45, 2.75) is 0 Å². The maximum atomic E-state index is 12.7. The van der Waals surface area contributed by atoms with Crippen LogP contribution < -0.4 is 5.32 Å². The van der Waals surface area contributed by atoms with Gasteiger partial charge in [0.2, 0.25) is 5.78 Å². The molecule has 1 amide bonds. The molecule has 2 aromatic heterocycles. The number of amides is 1. The van der Waals surface area contributed by atoms with Crippen molar-refractivity contribution in [2.75, 3.05) is 5.32 Å². The van der Waals surface area contributed by atoms with Gasteiger partial charge in [-0.05, 0) is 40.8 Å². The first-order chi connectivity index (χ1) is 14.0. The first-order valence-electron chi connectivity index (χ1n) is 8.49. The van der Waals surface area contributed by atoms with E-state index in [1.165, 1.54) is 11.0 Å². The van der Waals surface area contributed by atoms with E-state index in [1.807, 2.05) is 0 Å². The van der Waals surface area contributed by atoms with E-state index in [9.17, 15) is 9.59 Å². The number of rotatable bonds is 5. The second-order valence-corrected chi connectivity index (χ2v) is 6.55. The summed E-state index contributed by atoms with van der Waals surface area (Å²) in [6, 6.07) is 11.4. The Balaban J connectivity index is 1.57. The van der Waals surface area contributed by atoms with Gasteiger partial charge in [0.15, 0.2) is 5.82 Å². The largest absolute Gasteiger partial charge is 0.331 e. The fourth-order valence-electron chi connectivity index (χ4n) is 2.76. The Labute approximate surface area is 169 Å². The zero-order valence-electron chi connectivity index (χ0n) is 15.2. The maximum Gasteiger partial charge on any atom is 0.255 e. The van der Waals surface area contributed by atoms with E-state index in [0.29, 0.717) is 33.3 Å². The van der Waals surface area contributed by atoms with E-state index in [-0.39, 0.29) is 11.7 Å². The van der Waals surface area contributed by atoms with Gasteiger partial charge in [0.25, 0.3) is 5.91 Å². The fourth-order valence-corrected chi connectivity index (χ4v) is 2.96. The number of hydrogen-bond donors (Lipinski definition) is 1. The molecule has 0 bridgehead atoms. The molecule has 9 nitrogen and oxygen atoms in total. The SMILES string of the molecule is Cn1ccnc1C(=O)c1cccc(NC(=O)c2ccc(Cl)c(-n3cnnn3)c2)c1. The Kier molecular flexibility index (Phi) is 4.88. The van der Waals surface area contributed by atoms with Gasteiger partial charge >= 0.3 is 0 Å². The number of hydrogen-bond acceptors (Lipinski definition) is 6. The first kappa shape index (κ1) is 18.5. The normalized spacial score (nSPS) is 10.7. The molecule has 1 N–H and O–H groups in total. The Morgan fingerprint density at radius 2 is 1.97 bits per heavy atom. The van der Waals surface area contributed by atoms with Crippen LogP contribution in [0.1, 0.15) is 26.5 Å². The Morgan fingerprint density at radius 3 is 2.69 bits per heavy atom. The molecule has 29 heavy (non-hydrogen) atoms. The van der Waals surface area contributed by atoms with Gasteiger partial charge < -0.3 is 9.88 Å². The highest BCUT2D eigenvalue weighted by atomic mass is 35.5. The summed E-state index contributed by atoms with van der Waals surface area (Å²) in [7, 11) is 1.74. The smallest absolute Gasteiger partial charge is 0.255 e. The molecule has 0 saturated carbocycles. The lowest BCUT2D eigenvalue weighted by Crippen LogP contribution is -2.14. The molecule has 0 aliphatic rings. The van der Waals surface area contributed by atoms with Crippen LogP contribution in [0, 0.1) is 0 Å². The minimum Gasteiger partial charge on any atom is -0.331 e. The fraction of sp³-hybridized carbons (Fsp3) is 0.0526. The number of benzene rings is 2. The minimum atomic E-state index is -0.363. The third kappa shape index (κ3) is 3.76. The Morgan fingerprint density at radius 1 is 1.10 bits per heavy atom. The number of carbonyl (C=O) groups is 2. The van der Waals surface area contributed by atoms with Gasteiger partial charge in [-0.2, -0.15) is 4.68 Å². The summed E-state index contributed by atoms with van der Waals surface area (Å²) < 4.78 is 3.01. The van der Waals surface area contributed by atoms with Crippen molar-refractivity contribution in [2.24, 2.45) is 7.05 Å².